The van der Waals surface area contributed by atoms with E-state index in [-0.39, 0.29) is 0 Å². The Kier molecular flexibility index (Phi) is 3.24. The molecule has 0 bridgehead atoms. The highest BCUT2D eigenvalue weighted by Crippen LogP contribution is 2.32. The zero-order valence-corrected chi connectivity index (χ0v) is 10.5. The Bertz CT molecular complexity index is 504. The Morgan fingerprint density at radius 1 is 1.53 bits per heavy atom. The Morgan fingerprint density at radius 3 is 3.00 bits per heavy atom. The van der Waals surface area contributed by atoms with E-state index >= 15 is 0 Å². The molecule has 1 aromatic carbocycles. The van der Waals surface area contributed by atoms with Gasteiger partial charge in [0.2, 0.25) is 5.05 Å². The van der Waals surface area contributed by atoms with E-state index in [0.29, 0.717) is 11.7 Å². The number of rotatable bonds is 2. The van der Waals surface area contributed by atoms with Crippen LogP contribution >= 0.6 is 35.2 Å². The highest BCUT2D eigenvalue weighted by atomic mass is 35.5. The van der Waals surface area contributed by atoms with E-state index in [1.54, 1.807) is 11.3 Å². The quantitative estimate of drug-likeness (QED) is 0.743. The maximum Gasteiger partial charge on any atom is 0.201 e. The Balaban J connectivity index is 2.47. The number of hydrogen-bond acceptors (Lipinski definition) is 3. The Hall–Kier alpha value is -0.640. The van der Waals surface area contributed by atoms with Gasteiger partial charge < -0.3 is 4.74 Å². The highest BCUT2D eigenvalue weighted by Gasteiger charge is 2.09. The van der Waals surface area contributed by atoms with E-state index < -0.39 is 0 Å². The molecule has 0 amide bonds. The second-order valence-corrected chi connectivity index (χ2v) is 4.82. The van der Waals surface area contributed by atoms with Crippen LogP contribution in [0.15, 0.2) is 24.3 Å². The number of thiophene rings is 1. The van der Waals surface area contributed by atoms with Crippen LogP contribution in [0.5, 0.6) is 0 Å². The van der Waals surface area contributed by atoms with Gasteiger partial charge in [-0.05, 0) is 36.7 Å². The maximum atomic E-state index is 6.08. The first kappa shape index (κ1) is 10.9. The Morgan fingerprint density at radius 2 is 2.33 bits per heavy atom. The summed E-state index contributed by atoms with van der Waals surface area (Å²) in [5, 5.41) is 2.43. The van der Waals surface area contributed by atoms with Crippen molar-refractivity contribution in [2.75, 3.05) is 6.61 Å². The zero-order valence-electron chi connectivity index (χ0n) is 8.12. The zero-order chi connectivity index (χ0) is 10.8. The number of ether oxygens (including phenoxy) is 1. The summed E-state index contributed by atoms with van der Waals surface area (Å²) in [4.78, 5) is 0.968. The van der Waals surface area contributed by atoms with Crippen LogP contribution in [0.25, 0.3) is 10.1 Å². The van der Waals surface area contributed by atoms with E-state index in [1.165, 1.54) is 0 Å². The van der Waals surface area contributed by atoms with Crippen molar-refractivity contribution in [3.63, 3.8) is 0 Å². The normalized spacial score (nSPS) is 10.5. The van der Waals surface area contributed by atoms with Gasteiger partial charge in [-0.15, -0.1) is 11.3 Å². The molecule has 0 atom stereocenters. The van der Waals surface area contributed by atoms with Crippen molar-refractivity contribution in [1.82, 2.24) is 0 Å². The van der Waals surface area contributed by atoms with Crippen molar-refractivity contribution in [1.29, 1.82) is 0 Å². The molecule has 0 radical (unpaired) electrons. The monoisotopic (exact) mass is 256 g/mol. The molecule has 0 unspecified atom stereocenters. The fourth-order valence-corrected chi connectivity index (χ4v) is 2.89. The van der Waals surface area contributed by atoms with Crippen LogP contribution in [0.4, 0.5) is 0 Å². The molecule has 0 aliphatic carbocycles. The van der Waals surface area contributed by atoms with Crippen LogP contribution in [0.3, 0.4) is 0 Å². The number of hydrogen-bond donors (Lipinski definition) is 0. The number of thiocarbonyl (C=S) groups is 1. The minimum Gasteiger partial charge on any atom is -0.483 e. The summed E-state index contributed by atoms with van der Waals surface area (Å²) in [6.45, 7) is 2.52. The molecule has 0 spiro atoms. The van der Waals surface area contributed by atoms with E-state index in [0.717, 1.165) is 20.0 Å². The highest BCUT2D eigenvalue weighted by molar-refractivity contribution is 7.80. The van der Waals surface area contributed by atoms with Gasteiger partial charge in [-0.3, -0.25) is 0 Å². The standard InChI is InChI=1S/C11H9ClOS2/c1-2-13-11(14)9-6-7-4-3-5-8(12)10(7)15-9/h3-6H,2H2,1H3. The topological polar surface area (TPSA) is 9.23 Å². The molecule has 15 heavy (non-hydrogen) atoms. The van der Waals surface area contributed by atoms with Crippen molar-refractivity contribution in [3.8, 4) is 0 Å². The number of halogens is 1. The molecule has 0 saturated carbocycles. The van der Waals surface area contributed by atoms with E-state index in [4.69, 9.17) is 28.6 Å². The molecule has 0 aliphatic heterocycles. The van der Waals surface area contributed by atoms with Gasteiger partial charge in [0.05, 0.1) is 21.2 Å². The first-order valence-electron chi connectivity index (χ1n) is 4.57. The van der Waals surface area contributed by atoms with Gasteiger partial charge >= 0.3 is 0 Å². The molecule has 0 saturated heterocycles. The molecule has 1 aromatic heterocycles. The number of benzene rings is 1. The predicted molar refractivity (Wildman–Crippen MR) is 70.2 cm³/mol. The summed E-state index contributed by atoms with van der Waals surface area (Å²) in [6, 6.07) is 7.86. The summed E-state index contributed by atoms with van der Waals surface area (Å²) in [5.74, 6) is 0. The minimum atomic E-state index is 0.551. The van der Waals surface area contributed by atoms with Crippen molar-refractivity contribution in [3.05, 3.63) is 34.2 Å². The average Bonchev–Trinajstić information content (AvgIpc) is 2.63. The molecule has 2 rings (SSSR count). The molecule has 78 valence electrons. The van der Waals surface area contributed by atoms with Crippen LogP contribution in [-0.2, 0) is 4.74 Å². The van der Waals surface area contributed by atoms with Crippen LogP contribution in [0, 0.1) is 0 Å². The fourth-order valence-electron chi connectivity index (χ4n) is 1.33. The molecule has 4 heteroatoms. The summed E-state index contributed by atoms with van der Waals surface area (Å²) in [7, 11) is 0. The Labute approximate surface area is 103 Å². The molecule has 0 aliphatic rings. The largest absolute Gasteiger partial charge is 0.483 e. The van der Waals surface area contributed by atoms with E-state index in [9.17, 15) is 0 Å². The van der Waals surface area contributed by atoms with Crippen molar-refractivity contribution in [2.24, 2.45) is 0 Å². The second kappa shape index (κ2) is 4.47. The maximum absolute atomic E-state index is 6.08. The third kappa shape index (κ3) is 2.14. The molecule has 0 fully saturated rings. The van der Waals surface area contributed by atoms with Crippen molar-refractivity contribution in [2.45, 2.75) is 6.92 Å². The molecule has 1 nitrogen and oxygen atoms in total. The summed E-state index contributed by atoms with van der Waals surface area (Å²) < 4.78 is 6.36. The van der Waals surface area contributed by atoms with Gasteiger partial charge in [0.1, 0.15) is 0 Å². The van der Waals surface area contributed by atoms with Gasteiger partial charge in [0.25, 0.3) is 0 Å². The smallest absolute Gasteiger partial charge is 0.201 e. The fraction of sp³-hybridized carbons (Fsp3) is 0.182. The molecular weight excluding hydrogens is 248 g/mol. The van der Waals surface area contributed by atoms with Gasteiger partial charge in [0, 0.05) is 0 Å². The first-order valence-corrected chi connectivity index (χ1v) is 6.18. The van der Waals surface area contributed by atoms with Crippen molar-refractivity contribution < 1.29 is 4.74 Å². The third-order valence-electron chi connectivity index (χ3n) is 1.97. The average molecular weight is 257 g/mol. The molecule has 1 heterocycles. The van der Waals surface area contributed by atoms with Gasteiger partial charge in [0.15, 0.2) is 0 Å². The number of fused-ring (bicyclic) bond motifs is 1. The lowest BCUT2D eigenvalue weighted by molar-refractivity contribution is 0.338. The minimum absolute atomic E-state index is 0.551. The lowest BCUT2D eigenvalue weighted by Gasteiger charge is -1.99. The van der Waals surface area contributed by atoms with Gasteiger partial charge in [-0.1, -0.05) is 23.7 Å². The van der Waals surface area contributed by atoms with Gasteiger partial charge in [-0.25, -0.2) is 0 Å². The summed E-state index contributed by atoms with van der Waals surface area (Å²) >= 11 is 12.8. The predicted octanol–water partition coefficient (Wildman–Crippen LogP) is 4.27. The first-order chi connectivity index (χ1) is 7.22. The SMILES string of the molecule is CCOC(=S)c1cc2cccc(Cl)c2s1. The van der Waals surface area contributed by atoms with E-state index in [1.807, 2.05) is 31.2 Å². The lowest BCUT2D eigenvalue weighted by atomic mass is 10.2. The van der Waals surface area contributed by atoms with Gasteiger partial charge in [-0.2, -0.15) is 0 Å². The summed E-state index contributed by atoms with van der Waals surface area (Å²) in [6.07, 6.45) is 0. The van der Waals surface area contributed by atoms with Crippen LogP contribution in [0.2, 0.25) is 5.02 Å². The summed E-state index contributed by atoms with van der Waals surface area (Å²) in [5.41, 5.74) is 0. The third-order valence-corrected chi connectivity index (χ3v) is 4.05. The lowest BCUT2D eigenvalue weighted by Crippen LogP contribution is -1.99. The second-order valence-electron chi connectivity index (χ2n) is 2.99. The molecule has 0 N–H and O–H groups in total. The van der Waals surface area contributed by atoms with E-state index in [2.05, 4.69) is 0 Å². The van der Waals surface area contributed by atoms with Crippen LogP contribution in [-0.4, -0.2) is 11.7 Å². The molecule has 2 aromatic rings. The van der Waals surface area contributed by atoms with Crippen molar-refractivity contribution >= 4 is 50.3 Å². The van der Waals surface area contributed by atoms with Crippen LogP contribution in [0.1, 0.15) is 11.8 Å². The molecular formula is C11H9ClOS2. The van der Waals surface area contributed by atoms with Crippen LogP contribution < -0.4 is 0 Å².